The molecule has 0 unspecified atom stereocenters. The van der Waals surface area contributed by atoms with Crippen LogP contribution in [0.1, 0.15) is 11.1 Å². The molecule has 3 aromatic carbocycles. The third-order valence-corrected chi connectivity index (χ3v) is 6.65. The first-order chi connectivity index (χ1) is 15.6. The second-order valence-corrected chi connectivity index (χ2v) is 8.91. The van der Waals surface area contributed by atoms with Gasteiger partial charge in [-0.3, -0.25) is 9.36 Å². The molecule has 2 heterocycles. The van der Waals surface area contributed by atoms with Gasteiger partial charge < -0.3 is 4.98 Å². The zero-order valence-corrected chi connectivity index (χ0v) is 19.0. The summed E-state index contributed by atoms with van der Waals surface area (Å²) in [5.74, 6) is 0.673. The molecule has 0 spiro atoms. The summed E-state index contributed by atoms with van der Waals surface area (Å²) in [4.78, 5) is 21.8. The summed E-state index contributed by atoms with van der Waals surface area (Å²) in [5, 5.41) is 1.36. The van der Waals surface area contributed by atoms with Gasteiger partial charge in [-0.1, -0.05) is 84.0 Å². The largest absolute Gasteiger partial charge is 0.355 e. The number of thioether (sulfide) groups is 1. The van der Waals surface area contributed by atoms with E-state index in [1.165, 1.54) is 0 Å². The normalized spacial score (nSPS) is 11.2. The Morgan fingerprint density at radius 3 is 2.44 bits per heavy atom. The summed E-state index contributed by atoms with van der Waals surface area (Å²) in [5.41, 5.74) is 5.98. The molecule has 4 nitrogen and oxygen atoms in total. The van der Waals surface area contributed by atoms with Gasteiger partial charge in [-0.05, 0) is 41.8 Å². The predicted octanol–water partition coefficient (Wildman–Crippen LogP) is 6.63. The van der Waals surface area contributed by atoms with Crippen LogP contribution in [0.5, 0.6) is 0 Å². The molecule has 0 fully saturated rings. The average molecular weight is 458 g/mol. The minimum atomic E-state index is -0.106. The topological polar surface area (TPSA) is 50.7 Å². The van der Waals surface area contributed by atoms with E-state index in [9.17, 15) is 4.79 Å². The number of aryl methyl sites for hydroxylation is 1. The van der Waals surface area contributed by atoms with Gasteiger partial charge in [-0.15, -0.1) is 0 Å². The predicted molar refractivity (Wildman–Crippen MR) is 133 cm³/mol. The Labute approximate surface area is 194 Å². The molecule has 158 valence electrons. The van der Waals surface area contributed by atoms with E-state index in [1.807, 2.05) is 92.0 Å². The Morgan fingerprint density at radius 1 is 0.969 bits per heavy atom. The first-order valence-electron chi connectivity index (χ1n) is 10.2. The van der Waals surface area contributed by atoms with E-state index in [0.717, 1.165) is 27.9 Å². The van der Waals surface area contributed by atoms with Gasteiger partial charge in [0.2, 0.25) is 0 Å². The van der Waals surface area contributed by atoms with Crippen molar-refractivity contribution < 1.29 is 0 Å². The van der Waals surface area contributed by atoms with Crippen molar-refractivity contribution in [3.05, 3.63) is 112 Å². The number of hydrogen-bond donors (Lipinski definition) is 1. The fraction of sp³-hybridized carbons (Fsp3) is 0.0769. The average Bonchev–Trinajstić information content (AvgIpc) is 3.24. The number of fused-ring (bicyclic) bond motifs is 1. The molecule has 5 rings (SSSR count). The van der Waals surface area contributed by atoms with Crippen LogP contribution in [0.25, 0.3) is 27.8 Å². The van der Waals surface area contributed by atoms with Gasteiger partial charge in [0.25, 0.3) is 5.56 Å². The highest BCUT2D eigenvalue weighted by Crippen LogP contribution is 2.30. The van der Waals surface area contributed by atoms with E-state index in [4.69, 9.17) is 16.6 Å². The molecule has 2 aromatic heterocycles. The van der Waals surface area contributed by atoms with Crippen LogP contribution in [0.2, 0.25) is 5.02 Å². The molecule has 0 amide bonds. The summed E-state index contributed by atoms with van der Waals surface area (Å²) >= 11 is 7.57. The second kappa shape index (κ2) is 8.69. The highest BCUT2D eigenvalue weighted by molar-refractivity contribution is 7.98. The first kappa shape index (κ1) is 20.6. The number of aromatic nitrogens is 3. The van der Waals surface area contributed by atoms with Gasteiger partial charge in [0.1, 0.15) is 11.0 Å². The Morgan fingerprint density at radius 2 is 1.69 bits per heavy atom. The van der Waals surface area contributed by atoms with Crippen molar-refractivity contribution in [2.75, 3.05) is 0 Å². The number of nitrogens with zero attached hydrogens (tertiary/aromatic N) is 2. The van der Waals surface area contributed by atoms with Crippen LogP contribution in [-0.2, 0) is 5.75 Å². The van der Waals surface area contributed by atoms with Crippen LogP contribution < -0.4 is 5.56 Å². The van der Waals surface area contributed by atoms with E-state index < -0.39 is 0 Å². The molecule has 0 aliphatic rings. The minimum absolute atomic E-state index is 0.106. The third kappa shape index (κ3) is 3.85. The van der Waals surface area contributed by atoms with Crippen LogP contribution in [0.15, 0.2) is 95.0 Å². The maximum atomic E-state index is 13.7. The number of benzene rings is 3. The minimum Gasteiger partial charge on any atom is -0.355 e. The summed E-state index contributed by atoms with van der Waals surface area (Å²) in [6.45, 7) is 2.00. The fourth-order valence-electron chi connectivity index (χ4n) is 3.73. The molecular formula is C26H20ClN3OS. The number of nitrogens with one attached hydrogen (secondary N) is 1. The highest BCUT2D eigenvalue weighted by Gasteiger charge is 2.18. The number of aromatic amines is 1. The van der Waals surface area contributed by atoms with Gasteiger partial charge in [-0.25, -0.2) is 4.98 Å². The summed E-state index contributed by atoms with van der Waals surface area (Å²) < 4.78 is 1.71. The van der Waals surface area contributed by atoms with Gasteiger partial charge in [-0.2, -0.15) is 0 Å². The highest BCUT2D eigenvalue weighted by atomic mass is 35.5. The van der Waals surface area contributed by atoms with Crippen LogP contribution in [-0.4, -0.2) is 14.5 Å². The van der Waals surface area contributed by atoms with E-state index in [-0.39, 0.29) is 5.56 Å². The van der Waals surface area contributed by atoms with Gasteiger partial charge in [0.05, 0.1) is 5.69 Å². The molecule has 0 radical (unpaired) electrons. The van der Waals surface area contributed by atoms with Crippen molar-refractivity contribution in [1.82, 2.24) is 14.5 Å². The number of hydrogen-bond acceptors (Lipinski definition) is 3. The molecular weight excluding hydrogens is 438 g/mol. The number of para-hydroxylation sites is 1. The van der Waals surface area contributed by atoms with Crippen LogP contribution in [0.4, 0.5) is 0 Å². The molecule has 1 N–H and O–H groups in total. The van der Waals surface area contributed by atoms with Crippen molar-refractivity contribution in [2.24, 2.45) is 0 Å². The van der Waals surface area contributed by atoms with Crippen LogP contribution >= 0.6 is 23.4 Å². The van der Waals surface area contributed by atoms with Crippen molar-refractivity contribution >= 4 is 34.4 Å². The van der Waals surface area contributed by atoms with E-state index in [1.54, 1.807) is 16.3 Å². The molecule has 0 aliphatic heterocycles. The first-order valence-corrected chi connectivity index (χ1v) is 11.6. The van der Waals surface area contributed by atoms with Crippen molar-refractivity contribution in [3.63, 3.8) is 0 Å². The smallest absolute Gasteiger partial charge is 0.283 e. The lowest BCUT2D eigenvalue weighted by Gasteiger charge is -2.14. The molecule has 32 heavy (non-hydrogen) atoms. The standard InChI is InChI=1S/C26H20ClN3OS/c1-17-7-5-6-10-22(17)30-25(31)24-23(21(15-28-24)19-8-3-2-4-9-19)29-26(30)32-16-18-11-13-20(27)14-12-18/h2-15,28H,16H2,1H3. The molecule has 0 saturated carbocycles. The Kier molecular flexibility index (Phi) is 5.60. The monoisotopic (exact) mass is 457 g/mol. The molecule has 0 bridgehead atoms. The van der Waals surface area contributed by atoms with Crippen molar-refractivity contribution in [3.8, 4) is 16.8 Å². The number of rotatable bonds is 5. The van der Waals surface area contributed by atoms with Crippen LogP contribution in [0, 0.1) is 6.92 Å². The SMILES string of the molecule is Cc1ccccc1-n1c(SCc2ccc(Cl)cc2)nc2c(-c3ccccc3)c[nH]c2c1=O. The Bertz CT molecular complexity index is 1460. The lowest BCUT2D eigenvalue weighted by atomic mass is 10.1. The maximum Gasteiger partial charge on any atom is 0.283 e. The molecule has 0 saturated heterocycles. The maximum absolute atomic E-state index is 13.7. The zero-order valence-electron chi connectivity index (χ0n) is 17.4. The zero-order chi connectivity index (χ0) is 22.1. The summed E-state index contributed by atoms with van der Waals surface area (Å²) in [7, 11) is 0. The molecule has 6 heteroatoms. The summed E-state index contributed by atoms with van der Waals surface area (Å²) in [6.07, 6.45) is 1.87. The van der Waals surface area contributed by atoms with Crippen molar-refractivity contribution in [1.29, 1.82) is 0 Å². The fourth-order valence-corrected chi connectivity index (χ4v) is 4.81. The van der Waals surface area contributed by atoms with Crippen molar-refractivity contribution in [2.45, 2.75) is 17.8 Å². The number of H-pyrrole nitrogens is 1. The van der Waals surface area contributed by atoms with E-state index in [2.05, 4.69) is 4.98 Å². The molecule has 0 aliphatic carbocycles. The van der Waals surface area contributed by atoms with Crippen LogP contribution in [0.3, 0.4) is 0 Å². The molecule has 5 aromatic rings. The summed E-state index contributed by atoms with van der Waals surface area (Å²) in [6, 6.07) is 25.6. The Hall–Kier alpha value is -3.28. The Balaban J connectivity index is 1.69. The quantitative estimate of drug-likeness (QED) is 0.238. The van der Waals surface area contributed by atoms with Gasteiger partial charge in [0.15, 0.2) is 5.16 Å². The van der Waals surface area contributed by atoms with Gasteiger partial charge >= 0.3 is 0 Å². The lowest BCUT2D eigenvalue weighted by molar-refractivity contribution is 0.813. The van der Waals surface area contributed by atoms with E-state index in [0.29, 0.717) is 27.0 Å². The van der Waals surface area contributed by atoms with E-state index >= 15 is 0 Å². The second-order valence-electron chi connectivity index (χ2n) is 7.53. The molecule has 0 atom stereocenters. The number of halogens is 1. The lowest BCUT2D eigenvalue weighted by Crippen LogP contribution is -2.22. The third-order valence-electron chi connectivity index (χ3n) is 5.39. The van der Waals surface area contributed by atoms with Gasteiger partial charge in [0, 0.05) is 22.5 Å².